The summed E-state index contributed by atoms with van der Waals surface area (Å²) in [4.78, 5) is 20.2. The SMILES string of the molecule is COc1ccc(Cl)cc1C1(CNc2nc3c(cnn3C(C)(C)C)c(=O)[nH]2)CCOCC1. The highest BCUT2D eigenvalue weighted by Crippen LogP contribution is 2.41. The summed E-state index contributed by atoms with van der Waals surface area (Å²) < 4.78 is 13.0. The molecule has 1 saturated heterocycles. The van der Waals surface area contributed by atoms with Crippen molar-refractivity contribution in [1.82, 2.24) is 19.7 Å². The quantitative estimate of drug-likeness (QED) is 0.622. The molecule has 1 aliphatic rings. The number of benzene rings is 1. The lowest BCUT2D eigenvalue weighted by Crippen LogP contribution is -2.40. The molecule has 0 amide bonds. The van der Waals surface area contributed by atoms with Gasteiger partial charge >= 0.3 is 0 Å². The second-order valence-electron chi connectivity index (χ2n) is 8.97. The van der Waals surface area contributed by atoms with Gasteiger partial charge in [-0.15, -0.1) is 0 Å². The van der Waals surface area contributed by atoms with Gasteiger partial charge in [-0.3, -0.25) is 9.78 Å². The predicted octanol–water partition coefficient (Wildman–Crippen LogP) is 3.70. The van der Waals surface area contributed by atoms with Crippen LogP contribution in [0.2, 0.25) is 5.02 Å². The second-order valence-corrected chi connectivity index (χ2v) is 9.41. The van der Waals surface area contributed by atoms with Crippen molar-refractivity contribution in [1.29, 1.82) is 0 Å². The van der Waals surface area contributed by atoms with Gasteiger partial charge in [0.2, 0.25) is 5.95 Å². The van der Waals surface area contributed by atoms with E-state index in [-0.39, 0.29) is 16.5 Å². The van der Waals surface area contributed by atoms with Gasteiger partial charge in [0.05, 0.1) is 18.8 Å². The van der Waals surface area contributed by atoms with Crippen LogP contribution in [0.4, 0.5) is 5.95 Å². The minimum absolute atomic E-state index is 0.218. The highest BCUT2D eigenvalue weighted by Gasteiger charge is 2.37. The molecule has 0 aliphatic carbocycles. The van der Waals surface area contributed by atoms with Crippen LogP contribution in [0.5, 0.6) is 5.75 Å². The summed E-state index contributed by atoms with van der Waals surface area (Å²) in [6.07, 6.45) is 3.15. The van der Waals surface area contributed by atoms with E-state index < -0.39 is 0 Å². The summed E-state index contributed by atoms with van der Waals surface area (Å²) in [5, 5.41) is 8.86. The van der Waals surface area contributed by atoms with Crippen molar-refractivity contribution in [2.45, 2.75) is 44.6 Å². The van der Waals surface area contributed by atoms with Gasteiger partial charge in [-0.25, -0.2) is 4.68 Å². The molecule has 0 unspecified atom stereocenters. The van der Waals surface area contributed by atoms with Crippen LogP contribution in [-0.2, 0) is 15.7 Å². The van der Waals surface area contributed by atoms with Crippen molar-refractivity contribution in [3.05, 3.63) is 45.3 Å². The van der Waals surface area contributed by atoms with Crippen LogP contribution in [-0.4, -0.2) is 46.6 Å². The monoisotopic (exact) mass is 445 g/mol. The average molecular weight is 446 g/mol. The first kappa shape index (κ1) is 21.6. The number of H-pyrrole nitrogens is 1. The normalized spacial score (nSPS) is 16.4. The van der Waals surface area contributed by atoms with E-state index in [9.17, 15) is 4.79 Å². The van der Waals surface area contributed by atoms with Crippen LogP contribution in [0.1, 0.15) is 39.2 Å². The van der Waals surface area contributed by atoms with E-state index in [1.54, 1.807) is 18.0 Å². The van der Waals surface area contributed by atoms with Crippen molar-refractivity contribution in [3.63, 3.8) is 0 Å². The van der Waals surface area contributed by atoms with E-state index in [1.165, 1.54) is 0 Å². The third-order valence-electron chi connectivity index (χ3n) is 5.85. The summed E-state index contributed by atoms with van der Waals surface area (Å²) in [5.74, 6) is 1.20. The topological polar surface area (TPSA) is 94.1 Å². The number of hydrogen-bond acceptors (Lipinski definition) is 6. The number of fused-ring (bicyclic) bond motifs is 1. The van der Waals surface area contributed by atoms with Crippen molar-refractivity contribution < 1.29 is 9.47 Å². The zero-order valence-electron chi connectivity index (χ0n) is 18.3. The second kappa shape index (κ2) is 8.16. The third-order valence-corrected chi connectivity index (χ3v) is 6.09. The number of hydrogen-bond donors (Lipinski definition) is 2. The zero-order valence-corrected chi connectivity index (χ0v) is 19.0. The number of rotatable bonds is 5. The fraction of sp³-hybridized carbons (Fsp3) is 0.500. The van der Waals surface area contributed by atoms with E-state index >= 15 is 0 Å². The van der Waals surface area contributed by atoms with Crippen LogP contribution in [0, 0.1) is 0 Å². The molecule has 166 valence electrons. The Bertz CT molecular complexity index is 1140. The maximum Gasteiger partial charge on any atom is 0.263 e. The summed E-state index contributed by atoms with van der Waals surface area (Å²) in [7, 11) is 1.66. The van der Waals surface area contributed by atoms with Crippen LogP contribution in [0.15, 0.2) is 29.2 Å². The molecular weight excluding hydrogens is 418 g/mol. The zero-order chi connectivity index (χ0) is 22.2. The fourth-order valence-corrected chi connectivity index (χ4v) is 4.32. The summed E-state index contributed by atoms with van der Waals surface area (Å²) >= 11 is 6.33. The Morgan fingerprint density at radius 1 is 1.32 bits per heavy atom. The van der Waals surface area contributed by atoms with Crippen LogP contribution in [0.3, 0.4) is 0 Å². The molecular formula is C22H28ClN5O3. The van der Waals surface area contributed by atoms with E-state index in [0.717, 1.165) is 24.2 Å². The predicted molar refractivity (Wildman–Crippen MR) is 121 cm³/mol. The van der Waals surface area contributed by atoms with E-state index in [0.29, 0.717) is 41.8 Å². The van der Waals surface area contributed by atoms with Gasteiger partial charge in [-0.1, -0.05) is 11.6 Å². The lowest BCUT2D eigenvalue weighted by molar-refractivity contribution is 0.0535. The van der Waals surface area contributed by atoms with Gasteiger partial charge in [0.1, 0.15) is 11.1 Å². The Balaban J connectivity index is 1.71. The summed E-state index contributed by atoms with van der Waals surface area (Å²) in [5.41, 5.74) is 0.799. The highest BCUT2D eigenvalue weighted by molar-refractivity contribution is 6.30. The standard InChI is InChI=1S/C22H28ClN5O3/c1-21(2,3)28-18-15(12-25-28)19(29)27-20(26-18)24-13-22(7-9-31-10-8-22)16-11-14(23)5-6-17(16)30-4/h5-6,11-12H,7-10,13H2,1-4H3,(H2,24,26,27,29). The molecule has 0 spiro atoms. The van der Waals surface area contributed by atoms with Crippen LogP contribution in [0.25, 0.3) is 11.0 Å². The van der Waals surface area contributed by atoms with Crippen LogP contribution >= 0.6 is 11.6 Å². The molecule has 2 N–H and O–H groups in total. The highest BCUT2D eigenvalue weighted by atomic mass is 35.5. The fourth-order valence-electron chi connectivity index (χ4n) is 4.14. The Kier molecular flexibility index (Phi) is 5.70. The molecule has 3 heterocycles. The maximum atomic E-state index is 12.6. The Morgan fingerprint density at radius 2 is 2.06 bits per heavy atom. The van der Waals surface area contributed by atoms with E-state index in [2.05, 4.69) is 20.4 Å². The van der Waals surface area contributed by atoms with Gasteiger partial charge in [0.25, 0.3) is 5.56 Å². The van der Waals surface area contributed by atoms with Gasteiger partial charge in [0, 0.05) is 35.8 Å². The van der Waals surface area contributed by atoms with Crippen molar-refractivity contribution in [2.24, 2.45) is 0 Å². The molecule has 1 aliphatic heterocycles. The first-order valence-corrected chi connectivity index (χ1v) is 10.8. The van der Waals surface area contributed by atoms with Gasteiger partial charge < -0.3 is 14.8 Å². The first-order valence-electron chi connectivity index (χ1n) is 10.4. The van der Waals surface area contributed by atoms with Gasteiger partial charge in [-0.05, 0) is 51.8 Å². The summed E-state index contributed by atoms with van der Waals surface area (Å²) in [6.45, 7) is 7.90. The lowest BCUT2D eigenvalue weighted by Gasteiger charge is -2.38. The van der Waals surface area contributed by atoms with Crippen LogP contribution < -0.4 is 15.6 Å². The lowest BCUT2D eigenvalue weighted by atomic mass is 9.73. The van der Waals surface area contributed by atoms with Gasteiger partial charge in [0.15, 0.2) is 5.65 Å². The molecule has 3 aromatic rings. The van der Waals surface area contributed by atoms with Crippen molar-refractivity contribution >= 4 is 28.6 Å². The molecule has 8 nitrogen and oxygen atoms in total. The molecule has 4 rings (SSSR count). The largest absolute Gasteiger partial charge is 0.496 e. The number of halogens is 1. The molecule has 0 radical (unpaired) electrons. The van der Waals surface area contributed by atoms with Crippen molar-refractivity contribution in [2.75, 3.05) is 32.2 Å². The average Bonchev–Trinajstić information content (AvgIpc) is 3.18. The molecule has 2 aromatic heterocycles. The number of aromatic nitrogens is 4. The minimum atomic E-state index is -0.296. The number of ether oxygens (including phenoxy) is 2. The third kappa shape index (κ3) is 4.14. The van der Waals surface area contributed by atoms with E-state index in [4.69, 9.17) is 21.1 Å². The molecule has 0 bridgehead atoms. The number of aromatic amines is 1. The smallest absolute Gasteiger partial charge is 0.263 e. The Hall–Kier alpha value is -2.58. The number of nitrogens with one attached hydrogen (secondary N) is 2. The molecule has 0 atom stereocenters. The molecule has 1 fully saturated rings. The summed E-state index contributed by atoms with van der Waals surface area (Å²) in [6, 6.07) is 5.68. The first-order chi connectivity index (χ1) is 14.7. The van der Waals surface area contributed by atoms with E-state index in [1.807, 2.05) is 39.0 Å². The molecule has 1 aromatic carbocycles. The molecule has 9 heteroatoms. The number of nitrogens with zero attached hydrogens (tertiary/aromatic N) is 3. The minimum Gasteiger partial charge on any atom is -0.496 e. The Morgan fingerprint density at radius 3 is 2.74 bits per heavy atom. The Labute approximate surface area is 185 Å². The van der Waals surface area contributed by atoms with Gasteiger partial charge in [-0.2, -0.15) is 10.1 Å². The molecule has 0 saturated carbocycles. The molecule has 31 heavy (non-hydrogen) atoms. The van der Waals surface area contributed by atoms with Crippen molar-refractivity contribution in [3.8, 4) is 5.75 Å². The number of anilines is 1. The maximum absolute atomic E-state index is 12.6. The number of methoxy groups -OCH3 is 1.